The van der Waals surface area contributed by atoms with Gasteiger partial charge in [-0.2, -0.15) is 0 Å². The van der Waals surface area contributed by atoms with Gasteiger partial charge >= 0.3 is 5.97 Å². The van der Waals surface area contributed by atoms with Crippen LogP contribution in [0.3, 0.4) is 0 Å². The molecule has 0 spiro atoms. The number of hydrogen-bond donors (Lipinski definition) is 0. The average molecular weight is 372 g/mol. The van der Waals surface area contributed by atoms with Crippen molar-refractivity contribution >= 4 is 23.6 Å². The van der Waals surface area contributed by atoms with Gasteiger partial charge in [0, 0.05) is 24.7 Å². The maximum absolute atomic E-state index is 12.5. The molecule has 2 fully saturated rings. The van der Waals surface area contributed by atoms with Crippen LogP contribution in [0.4, 0.5) is 5.69 Å². The Morgan fingerprint density at radius 3 is 2.74 bits per heavy atom. The summed E-state index contributed by atoms with van der Waals surface area (Å²) in [6, 6.07) is 6.40. The minimum absolute atomic E-state index is 0.0886. The zero-order valence-electron chi connectivity index (χ0n) is 15.2. The highest BCUT2D eigenvalue weighted by molar-refractivity contribution is 5.90. The normalized spacial score (nSPS) is 22.3. The molecule has 7 nitrogen and oxygen atoms in total. The number of carbonyl (C=O) groups is 2. The number of likely N-dealkylation sites (tertiary alicyclic amines) is 1. The lowest BCUT2D eigenvalue weighted by molar-refractivity contribution is -0.385. The van der Waals surface area contributed by atoms with Crippen LogP contribution in [0.25, 0.3) is 6.08 Å². The minimum Gasteiger partial charge on any atom is -0.452 e. The number of rotatable bonds is 5. The van der Waals surface area contributed by atoms with Gasteiger partial charge in [0.2, 0.25) is 0 Å². The fourth-order valence-electron chi connectivity index (χ4n) is 4.15. The third-order valence-electron chi connectivity index (χ3n) is 5.43. The van der Waals surface area contributed by atoms with E-state index in [0.29, 0.717) is 11.5 Å². The van der Waals surface area contributed by atoms with Crippen LogP contribution in [0.2, 0.25) is 0 Å². The molecule has 1 saturated carbocycles. The summed E-state index contributed by atoms with van der Waals surface area (Å²) in [5.74, 6) is -0.261. The number of ether oxygens (including phenoxy) is 1. The molecule has 2 atom stereocenters. The van der Waals surface area contributed by atoms with Gasteiger partial charge in [0.1, 0.15) is 0 Å². The predicted molar refractivity (Wildman–Crippen MR) is 99.8 cm³/mol. The first-order valence-corrected chi connectivity index (χ1v) is 9.44. The maximum atomic E-state index is 12.5. The van der Waals surface area contributed by atoms with Crippen LogP contribution < -0.4 is 0 Å². The van der Waals surface area contributed by atoms with Crippen molar-refractivity contribution in [1.29, 1.82) is 0 Å². The number of carbonyl (C=O) groups excluding carboxylic acids is 2. The second-order valence-electron chi connectivity index (χ2n) is 7.10. The van der Waals surface area contributed by atoms with Gasteiger partial charge in [-0.1, -0.05) is 25.0 Å². The monoisotopic (exact) mass is 372 g/mol. The van der Waals surface area contributed by atoms with Crippen molar-refractivity contribution in [2.24, 2.45) is 5.92 Å². The standard InChI is InChI=1S/C20H24N2O5/c23-19(21-13-5-8-15-6-1-3-9-17(15)21)14-27-20(24)12-11-16-7-2-4-10-18(16)22(25)26/h2,4,7,10-12,15,17H,1,3,5-6,8-9,13-14H2/b12-11+/t15-,17-/m1/s1. The molecule has 0 radical (unpaired) electrons. The van der Waals surface area contributed by atoms with Crippen LogP contribution in [0.1, 0.15) is 44.1 Å². The number of esters is 1. The van der Waals surface area contributed by atoms with Gasteiger partial charge in [-0.05, 0) is 43.7 Å². The predicted octanol–water partition coefficient (Wildman–Crippen LogP) is 3.33. The van der Waals surface area contributed by atoms with E-state index in [4.69, 9.17) is 4.74 Å². The lowest BCUT2D eigenvalue weighted by Crippen LogP contribution is -2.50. The number of nitro benzene ring substituents is 1. The second-order valence-corrected chi connectivity index (χ2v) is 7.10. The van der Waals surface area contributed by atoms with Crippen molar-refractivity contribution in [1.82, 2.24) is 4.90 Å². The SMILES string of the molecule is O=C(/C=C/c1ccccc1[N+](=O)[O-])OCC(=O)N1CCC[C@H]2CCCC[C@H]21. The van der Waals surface area contributed by atoms with Gasteiger partial charge in [-0.3, -0.25) is 14.9 Å². The molecule has 1 heterocycles. The van der Waals surface area contributed by atoms with Crippen LogP contribution in [0.15, 0.2) is 30.3 Å². The van der Waals surface area contributed by atoms with Gasteiger partial charge < -0.3 is 9.64 Å². The highest BCUT2D eigenvalue weighted by atomic mass is 16.6. The molecule has 1 aromatic rings. The molecule has 1 amide bonds. The zero-order chi connectivity index (χ0) is 19.2. The molecule has 2 aliphatic rings. The largest absolute Gasteiger partial charge is 0.452 e. The van der Waals surface area contributed by atoms with Crippen molar-refractivity contribution in [3.8, 4) is 0 Å². The summed E-state index contributed by atoms with van der Waals surface area (Å²) in [5, 5.41) is 11.0. The van der Waals surface area contributed by atoms with E-state index in [-0.39, 0.29) is 24.2 Å². The number of piperidine rings is 1. The lowest BCUT2D eigenvalue weighted by Gasteiger charge is -2.44. The number of nitro groups is 1. The van der Waals surface area contributed by atoms with Crippen LogP contribution in [-0.4, -0.2) is 40.9 Å². The fourth-order valence-corrected chi connectivity index (χ4v) is 4.15. The molecule has 1 aromatic carbocycles. The molecule has 3 rings (SSSR count). The van der Waals surface area contributed by atoms with Crippen molar-refractivity contribution in [3.63, 3.8) is 0 Å². The van der Waals surface area contributed by atoms with E-state index >= 15 is 0 Å². The zero-order valence-corrected chi connectivity index (χ0v) is 15.2. The molecule has 0 N–H and O–H groups in total. The van der Waals surface area contributed by atoms with Crippen molar-refractivity contribution < 1.29 is 19.2 Å². The Kier molecular flexibility index (Phi) is 6.21. The summed E-state index contributed by atoms with van der Waals surface area (Å²) in [5.41, 5.74) is 0.223. The molecule has 0 unspecified atom stereocenters. The van der Waals surface area contributed by atoms with Gasteiger partial charge in [-0.25, -0.2) is 4.79 Å². The van der Waals surface area contributed by atoms with Gasteiger partial charge in [0.25, 0.3) is 11.6 Å². The summed E-state index contributed by atoms with van der Waals surface area (Å²) < 4.78 is 5.07. The number of nitrogens with zero attached hydrogens (tertiary/aromatic N) is 2. The highest BCUT2D eigenvalue weighted by Crippen LogP contribution is 2.35. The Labute approximate surface area is 158 Å². The molecular formula is C20H24N2O5. The Balaban J connectivity index is 1.54. The topological polar surface area (TPSA) is 89.7 Å². The molecule has 1 aliphatic carbocycles. The number of hydrogen-bond acceptors (Lipinski definition) is 5. The Morgan fingerprint density at radius 2 is 1.93 bits per heavy atom. The number of benzene rings is 1. The molecule has 1 saturated heterocycles. The van der Waals surface area contributed by atoms with Gasteiger partial charge in [0.05, 0.1) is 10.5 Å². The molecule has 0 aromatic heterocycles. The van der Waals surface area contributed by atoms with Crippen molar-refractivity contribution in [2.75, 3.05) is 13.2 Å². The number of fused-ring (bicyclic) bond motifs is 1. The Bertz CT molecular complexity index is 744. The van der Waals surface area contributed by atoms with Gasteiger partial charge in [-0.15, -0.1) is 0 Å². The van der Waals surface area contributed by atoms with E-state index in [1.54, 1.807) is 18.2 Å². The minimum atomic E-state index is -0.682. The second kappa shape index (κ2) is 8.79. The van der Waals surface area contributed by atoms with E-state index in [9.17, 15) is 19.7 Å². The summed E-state index contributed by atoms with van der Waals surface area (Å²) in [6.45, 7) is 0.437. The molecule has 144 valence electrons. The lowest BCUT2D eigenvalue weighted by atomic mass is 9.78. The van der Waals surface area contributed by atoms with Crippen LogP contribution in [0.5, 0.6) is 0 Å². The first-order valence-electron chi connectivity index (χ1n) is 9.44. The number of amides is 1. The third-order valence-corrected chi connectivity index (χ3v) is 5.43. The van der Waals surface area contributed by atoms with Crippen molar-refractivity contribution in [2.45, 2.75) is 44.6 Å². The molecule has 27 heavy (non-hydrogen) atoms. The van der Waals surface area contributed by atoms with Crippen LogP contribution in [0, 0.1) is 16.0 Å². The number of para-hydroxylation sites is 1. The quantitative estimate of drug-likeness (QED) is 0.342. The summed E-state index contributed by atoms with van der Waals surface area (Å²) in [4.78, 5) is 36.8. The fraction of sp³-hybridized carbons (Fsp3) is 0.500. The van der Waals surface area contributed by atoms with Crippen LogP contribution in [-0.2, 0) is 14.3 Å². The highest BCUT2D eigenvalue weighted by Gasteiger charge is 2.35. The van der Waals surface area contributed by atoms with E-state index in [1.807, 2.05) is 4.90 Å². The molecule has 0 bridgehead atoms. The molecule has 7 heteroatoms. The van der Waals surface area contributed by atoms with E-state index in [1.165, 1.54) is 31.4 Å². The Hall–Kier alpha value is -2.70. The first kappa shape index (κ1) is 19.1. The van der Waals surface area contributed by atoms with Crippen LogP contribution >= 0.6 is 0 Å². The van der Waals surface area contributed by atoms with E-state index in [0.717, 1.165) is 31.9 Å². The first-order chi connectivity index (χ1) is 13.1. The third kappa shape index (κ3) is 4.72. The summed E-state index contributed by atoms with van der Waals surface area (Å²) in [6.07, 6.45) is 9.20. The maximum Gasteiger partial charge on any atom is 0.331 e. The molecular weight excluding hydrogens is 348 g/mol. The molecule has 1 aliphatic heterocycles. The van der Waals surface area contributed by atoms with Gasteiger partial charge in [0.15, 0.2) is 6.61 Å². The summed E-state index contributed by atoms with van der Waals surface area (Å²) in [7, 11) is 0. The smallest absolute Gasteiger partial charge is 0.331 e. The van der Waals surface area contributed by atoms with E-state index in [2.05, 4.69) is 0 Å². The summed E-state index contributed by atoms with van der Waals surface area (Å²) >= 11 is 0. The Morgan fingerprint density at radius 1 is 1.19 bits per heavy atom. The van der Waals surface area contributed by atoms with Crippen molar-refractivity contribution in [3.05, 3.63) is 46.0 Å². The van der Waals surface area contributed by atoms with E-state index < -0.39 is 10.9 Å². The average Bonchev–Trinajstić information content (AvgIpc) is 2.70.